The molecular weight excluding hydrogens is 422 g/mol. The third-order valence-electron chi connectivity index (χ3n) is 3.52. The van der Waals surface area contributed by atoms with Gasteiger partial charge in [0, 0.05) is 10.9 Å². The lowest BCUT2D eigenvalue weighted by Crippen LogP contribution is -2.26. The van der Waals surface area contributed by atoms with Crippen molar-refractivity contribution < 1.29 is 28.5 Å². The van der Waals surface area contributed by atoms with Gasteiger partial charge in [-0.1, -0.05) is 0 Å². The predicted molar refractivity (Wildman–Crippen MR) is 110 cm³/mol. The first kappa shape index (κ1) is 22.4. The highest BCUT2D eigenvalue weighted by molar-refractivity contribution is 7.14. The molecule has 0 radical (unpaired) electrons. The van der Waals surface area contributed by atoms with Crippen LogP contribution in [-0.2, 0) is 9.53 Å². The zero-order valence-corrected chi connectivity index (χ0v) is 17.9. The number of hydrogen-bond acceptors (Lipinski definition) is 9. The van der Waals surface area contributed by atoms with Gasteiger partial charge in [0.25, 0.3) is 5.91 Å². The number of anilines is 1. The van der Waals surface area contributed by atoms with Crippen molar-refractivity contribution in [1.29, 1.82) is 0 Å². The smallest absolute Gasteiger partial charge is 0.357 e. The molecule has 1 amide bonds. The van der Waals surface area contributed by atoms with Crippen LogP contribution in [-0.4, -0.2) is 56.9 Å². The molecule has 1 heterocycles. The number of carbonyl (C=O) groups excluding carboxylic acids is 2. The minimum absolute atomic E-state index is 0.0854. The molecule has 0 atom stereocenters. The average Bonchev–Trinajstić information content (AvgIpc) is 3.22. The number of amides is 1. The summed E-state index contributed by atoms with van der Waals surface area (Å²) >= 11 is 6.76. The number of hydrogen-bond donors (Lipinski definition) is 0. The lowest BCUT2D eigenvalue weighted by molar-refractivity contribution is -0.116. The molecule has 2 rings (SSSR count). The molecule has 0 saturated carbocycles. The van der Waals surface area contributed by atoms with Crippen LogP contribution in [0.5, 0.6) is 17.2 Å². The summed E-state index contributed by atoms with van der Waals surface area (Å²) < 4.78 is 20.8. The summed E-state index contributed by atoms with van der Waals surface area (Å²) in [6.45, 7) is 1.91. The topological polar surface area (TPSA) is 99.5 Å². The van der Waals surface area contributed by atoms with E-state index in [1.807, 2.05) is 0 Å². The van der Waals surface area contributed by atoms with Gasteiger partial charge < -0.3 is 18.9 Å². The van der Waals surface area contributed by atoms with Gasteiger partial charge in [0.05, 0.1) is 34.2 Å². The number of halogens is 1. The molecule has 0 spiro atoms. The second-order valence-electron chi connectivity index (χ2n) is 5.28. The number of esters is 1. The van der Waals surface area contributed by atoms with Crippen molar-refractivity contribution in [3.8, 4) is 17.2 Å². The largest absolute Gasteiger partial charge is 0.493 e. The Labute approximate surface area is 176 Å². The molecule has 0 fully saturated rings. The van der Waals surface area contributed by atoms with E-state index in [1.165, 1.54) is 32.9 Å². The molecule has 0 unspecified atom stereocenters. The molecule has 2 aromatic rings. The lowest BCUT2D eigenvalue weighted by Gasteiger charge is -2.14. The fraction of sp³-hybridized carbons (Fsp3) is 0.333. The highest BCUT2D eigenvalue weighted by Gasteiger charge is 2.21. The van der Waals surface area contributed by atoms with Crippen molar-refractivity contribution in [1.82, 2.24) is 4.98 Å². The van der Waals surface area contributed by atoms with Gasteiger partial charge in [0.1, 0.15) is 5.88 Å². The average molecular weight is 442 g/mol. The van der Waals surface area contributed by atoms with E-state index in [-0.39, 0.29) is 23.3 Å². The van der Waals surface area contributed by atoms with Gasteiger partial charge in [-0.2, -0.15) is 10.1 Å². The number of benzene rings is 1. The number of aromatic nitrogens is 1. The monoisotopic (exact) mass is 441 g/mol. The Hall–Kier alpha value is -2.85. The number of hydrazone groups is 1. The fourth-order valence-electron chi connectivity index (χ4n) is 2.24. The van der Waals surface area contributed by atoms with Crippen LogP contribution in [0, 0.1) is 0 Å². The van der Waals surface area contributed by atoms with Crippen LogP contribution in [0.25, 0.3) is 0 Å². The first-order chi connectivity index (χ1) is 14.0. The molecule has 9 nitrogen and oxygen atoms in total. The molecule has 29 heavy (non-hydrogen) atoms. The van der Waals surface area contributed by atoms with Gasteiger partial charge in [-0.3, -0.25) is 4.79 Å². The van der Waals surface area contributed by atoms with E-state index in [4.69, 9.17) is 30.5 Å². The normalized spacial score (nSPS) is 10.7. The summed E-state index contributed by atoms with van der Waals surface area (Å²) in [6, 6.07) is 3.33. The van der Waals surface area contributed by atoms with Gasteiger partial charge in [-0.25, -0.2) is 9.78 Å². The van der Waals surface area contributed by atoms with Crippen LogP contribution in [0.4, 0.5) is 5.13 Å². The maximum atomic E-state index is 12.2. The number of ether oxygens (including phenoxy) is 4. The summed E-state index contributed by atoms with van der Waals surface area (Å²) in [6.07, 6.45) is 1.42. The molecule has 0 N–H and O–H groups in total. The Morgan fingerprint density at radius 3 is 2.38 bits per heavy atom. The van der Waals surface area contributed by atoms with Crippen LogP contribution in [0.3, 0.4) is 0 Å². The highest BCUT2D eigenvalue weighted by atomic mass is 35.5. The van der Waals surface area contributed by atoms with E-state index in [0.717, 1.165) is 16.3 Å². The van der Waals surface area contributed by atoms with Gasteiger partial charge in [-0.05, 0) is 19.1 Å². The summed E-state index contributed by atoms with van der Waals surface area (Å²) in [5, 5.41) is 6.86. The van der Waals surface area contributed by atoms with Crippen molar-refractivity contribution in [3.05, 3.63) is 28.8 Å². The minimum atomic E-state index is -0.582. The Bertz CT molecular complexity index is 876. The standard InChI is InChI=1S/C18H20ClN3O6S/c1-5-28-17(24)12-10-29-18(21-12)22(15(23)8-19)20-9-11-6-13(25-2)16(27-4)14(7-11)26-3/h6-7,9-10H,5,8H2,1-4H3/b20-9+. The van der Waals surface area contributed by atoms with Crippen LogP contribution >= 0.6 is 22.9 Å². The first-order valence-electron chi connectivity index (χ1n) is 8.34. The molecule has 1 aromatic carbocycles. The number of alkyl halides is 1. The number of nitrogens with zero attached hydrogens (tertiary/aromatic N) is 3. The Kier molecular flexibility index (Phi) is 8.22. The molecule has 0 saturated heterocycles. The molecule has 156 valence electrons. The second kappa shape index (κ2) is 10.6. The predicted octanol–water partition coefficient (Wildman–Crippen LogP) is 2.95. The van der Waals surface area contributed by atoms with Gasteiger partial charge in [-0.15, -0.1) is 22.9 Å². The van der Waals surface area contributed by atoms with Crippen molar-refractivity contribution in [2.75, 3.05) is 38.8 Å². The van der Waals surface area contributed by atoms with Crippen LogP contribution in [0.1, 0.15) is 23.0 Å². The van der Waals surface area contributed by atoms with E-state index in [2.05, 4.69) is 10.1 Å². The molecule has 11 heteroatoms. The first-order valence-corrected chi connectivity index (χ1v) is 9.75. The minimum Gasteiger partial charge on any atom is -0.493 e. The summed E-state index contributed by atoms with van der Waals surface area (Å²) in [7, 11) is 4.49. The van der Waals surface area contributed by atoms with Gasteiger partial charge >= 0.3 is 5.97 Å². The number of thiazole rings is 1. The van der Waals surface area contributed by atoms with Crippen molar-refractivity contribution >= 4 is 46.2 Å². The molecule has 0 bridgehead atoms. The number of methoxy groups -OCH3 is 3. The third kappa shape index (κ3) is 5.36. The van der Waals surface area contributed by atoms with E-state index in [9.17, 15) is 9.59 Å². The SMILES string of the molecule is CCOC(=O)c1csc(N(/N=C/c2cc(OC)c(OC)c(OC)c2)C(=O)CCl)n1. The molecular formula is C18H20ClN3O6S. The van der Waals surface area contributed by atoms with Crippen LogP contribution in [0.15, 0.2) is 22.6 Å². The summed E-state index contributed by atoms with van der Waals surface area (Å²) in [5.74, 6) is -0.118. The van der Waals surface area contributed by atoms with Crippen molar-refractivity contribution in [2.45, 2.75) is 6.92 Å². The van der Waals surface area contributed by atoms with Crippen LogP contribution in [0.2, 0.25) is 0 Å². The molecule has 0 aliphatic rings. The van der Waals surface area contributed by atoms with Gasteiger partial charge in [0.2, 0.25) is 10.9 Å². The third-order valence-corrected chi connectivity index (χ3v) is 4.56. The van der Waals surface area contributed by atoms with Gasteiger partial charge in [0.15, 0.2) is 17.2 Å². The Morgan fingerprint density at radius 2 is 1.86 bits per heavy atom. The fourth-order valence-corrected chi connectivity index (χ4v) is 3.12. The maximum absolute atomic E-state index is 12.2. The number of carbonyl (C=O) groups is 2. The van der Waals surface area contributed by atoms with Crippen molar-refractivity contribution in [2.24, 2.45) is 5.10 Å². The Balaban J connectivity index is 2.37. The Morgan fingerprint density at radius 1 is 1.21 bits per heavy atom. The summed E-state index contributed by atoms with van der Waals surface area (Å²) in [4.78, 5) is 28.2. The van der Waals surface area contributed by atoms with E-state index in [1.54, 1.807) is 19.1 Å². The molecule has 0 aliphatic carbocycles. The summed E-state index contributed by atoms with van der Waals surface area (Å²) in [5.41, 5.74) is 0.663. The van der Waals surface area contributed by atoms with Crippen molar-refractivity contribution in [3.63, 3.8) is 0 Å². The quantitative estimate of drug-likeness (QED) is 0.255. The zero-order chi connectivity index (χ0) is 21.4. The van der Waals surface area contributed by atoms with E-state index >= 15 is 0 Å². The number of rotatable bonds is 9. The second-order valence-corrected chi connectivity index (χ2v) is 6.38. The highest BCUT2D eigenvalue weighted by Crippen LogP contribution is 2.37. The van der Waals surface area contributed by atoms with E-state index < -0.39 is 11.9 Å². The molecule has 0 aliphatic heterocycles. The van der Waals surface area contributed by atoms with E-state index in [0.29, 0.717) is 22.8 Å². The van der Waals surface area contributed by atoms with Crippen LogP contribution < -0.4 is 19.2 Å². The maximum Gasteiger partial charge on any atom is 0.357 e. The zero-order valence-electron chi connectivity index (χ0n) is 16.3. The molecule has 1 aromatic heterocycles. The lowest BCUT2D eigenvalue weighted by atomic mass is 10.2.